The van der Waals surface area contributed by atoms with Gasteiger partial charge in [-0.3, -0.25) is 14.6 Å². The van der Waals surface area contributed by atoms with Gasteiger partial charge >= 0.3 is 5.97 Å². The lowest BCUT2D eigenvalue weighted by atomic mass is 10.1. The number of ether oxygens (including phenoxy) is 1. The van der Waals surface area contributed by atoms with E-state index in [1.807, 2.05) is 6.07 Å². The number of imide groups is 1. The van der Waals surface area contributed by atoms with Gasteiger partial charge in [0.15, 0.2) is 0 Å². The molecule has 0 saturated heterocycles. The Morgan fingerprint density at radius 3 is 2.15 bits per heavy atom. The van der Waals surface area contributed by atoms with Gasteiger partial charge in [0.05, 0.1) is 11.1 Å². The summed E-state index contributed by atoms with van der Waals surface area (Å²) in [7, 11) is 0. The van der Waals surface area contributed by atoms with Crippen LogP contribution >= 0.6 is 0 Å². The minimum atomic E-state index is -0.927. The molecular formula is C20H12N2O5. The molecule has 1 aromatic heterocycles. The molecule has 2 heterocycles. The summed E-state index contributed by atoms with van der Waals surface area (Å²) in [5, 5.41) is 0.451. The maximum Gasteiger partial charge on any atom is 0.369 e. The van der Waals surface area contributed by atoms with Gasteiger partial charge in [-0.1, -0.05) is 35.4 Å². The number of para-hydroxylation sites is 1. The molecule has 1 aliphatic heterocycles. The Morgan fingerprint density at radius 1 is 0.852 bits per heavy atom. The lowest BCUT2D eigenvalue weighted by Gasteiger charge is -2.14. The zero-order valence-corrected chi connectivity index (χ0v) is 13.9. The van der Waals surface area contributed by atoms with Crippen molar-refractivity contribution in [2.24, 2.45) is 0 Å². The molecule has 0 bridgehead atoms. The van der Waals surface area contributed by atoms with E-state index in [-0.39, 0.29) is 22.4 Å². The van der Waals surface area contributed by atoms with Gasteiger partial charge in [-0.25, -0.2) is 4.79 Å². The summed E-state index contributed by atoms with van der Waals surface area (Å²) in [5.41, 5.74) is 0.349. The quantitative estimate of drug-likeness (QED) is 0.664. The average Bonchev–Trinajstić information content (AvgIpc) is 2.94. The summed E-state index contributed by atoms with van der Waals surface area (Å²) in [5.74, 6) is -1.61. The lowest BCUT2D eigenvalue weighted by Crippen LogP contribution is -2.32. The van der Waals surface area contributed by atoms with E-state index in [0.29, 0.717) is 10.8 Å². The van der Waals surface area contributed by atoms with Gasteiger partial charge in [-0.05, 0) is 24.3 Å². The molecule has 0 aliphatic carbocycles. The largest absolute Gasteiger partial charge is 0.456 e. The SMILES string of the molecule is O=C(ON1C(=O)c2ccccc2C1=O)c1cnccc1Oc1ccccc1. The molecule has 0 atom stereocenters. The second kappa shape index (κ2) is 6.72. The van der Waals surface area contributed by atoms with E-state index in [1.54, 1.807) is 36.4 Å². The third-order valence-electron chi connectivity index (χ3n) is 3.90. The zero-order chi connectivity index (χ0) is 18.8. The molecule has 2 amide bonds. The third kappa shape index (κ3) is 3.02. The van der Waals surface area contributed by atoms with Crippen LogP contribution in [0.15, 0.2) is 73.1 Å². The smallest absolute Gasteiger partial charge is 0.369 e. The first-order chi connectivity index (χ1) is 13.1. The molecule has 0 saturated carbocycles. The van der Waals surface area contributed by atoms with Crippen molar-refractivity contribution in [1.82, 2.24) is 10.0 Å². The van der Waals surface area contributed by atoms with Crippen molar-refractivity contribution in [3.05, 3.63) is 89.7 Å². The van der Waals surface area contributed by atoms with E-state index >= 15 is 0 Å². The number of hydroxylamine groups is 2. The number of amides is 2. The Kier molecular flexibility index (Phi) is 4.10. The molecule has 0 N–H and O–H groups in total. The second-order valence-electron chi connectivity index (χ2n) is 5.62. The summed E-state index contributed by atoms with van der Waals surface area (Å²) in [6, 6.07) is 16.6. The molecular weight excluding hydrogens is 348 g/mol. The zero-order valence-electron chi connectivity index (χ0n) is 13.9. The van der Waals surface area contributed by atoms with Crippen LogP contribution in [0.25, 0.3) is 0 Å². The summed E-state index contributed by atoms with van der Waals surface area (Å²) in [6.45, 7) is 0. The number of benzene rings is 2. The minimum Gasteiger partial charge on any atom is -0.456 e. The van der Waals surface area contributed by atoms with Gasteiger partial charge < -0.3 is 9.57 Å². The van der Waals surface area contributed by atoms with Crippen LogP contribution in [0.3, 0.4) is 0 Å². The van der Waals surface area contributed by atoms with Gasteiger partial charge in [0.25, 0.3) is 11.8 Å². The van der Waals surface area contributed by atoms with Gasteiger partial charge in [0.2, 0.25) is 0 Å². The molecule has 27 heavy (non-hydrogen) atoms. The van der Waals surface area contributed by atoms with E-state index in [0.717, 1.165) is 0 Å². The Morgan fingerprint density at radius 2 is 1.48 bits per heavy atom. The number of hydrogen-bond acceptors (Lipinski definition) is 6. The molecule has 3 aromatic rings. The van der Waals surface area contributed by atoms with Crippen molar-refractivity contribution < 1.29 is 24.0 Å². The van der Waals surface area contributed by atoms with Gasteiger partial charge in [0.1, 0.15) is 17.1 Å². The summed E-state index contributed by atoms with van der Waals surface area (Å²) in [6.07, 6.45) is 2.70. The first kappa shape index (κ1) is 16.5. The van der Waals surface area contributed by atoms with Crippen molar-refractivity contribution in [3.63, 3.8) is 0 Å². The highest BCUT2D eigenvalue weighted by Crippen LogP contribution is 2.27. The standard InChI is InChI=1S/C20H12N2O5/c23-18-14-8-4-5-9-15(14)19(24)22(18)27-20(25)16-12-21-11-10-17(16)26-13-6-2-1-3-7-13/h1-12H. The van der Waals surface area contributed by atoms with Gasteiger partial charge in [0, 0.05) is 18.5 Å². The van der Waals surface area contributed by atoms with E-state index in [2.05, 4.69) is 4.98 Å². The van der Waals surface area contributed by atoms with Crippen LogP contribution < -0.4 is 4.74 Å². The molecule has 0 unspecified atom stereocenters. The lowest BCUT2D eigenvalue weighted by molar-refractivity contribution is -0.0586. The molecule has 1 aliphatic rings. The molecule has 2 aromatic carbocycles. The molecule has 4 rings (SSSR count). The maximum absolute atomic E-state index is 12.6. The Balaban J connectivity index is 1.58. The first-order valence-corrected chi connectivity index (χ1v) is 8.02. The van der Waals surface area contributed by atoms with Crippen LogP contribution in [0.1, 0.15) is 31.1 Å². The molecule has 0 radical (unpaired) electrons. The number of rotatable bonds is 4. The fraction of sp³-hybridized carbons (Fsp3) is 0. The number of fused-ring (bicyclic) bond motifs is 1. The Bertz CT molecular complexity index is 1010. The highest BCUT2D eigenvalue weighted by atomic mass is 16.7. The first-order valence-electron chi connectivity index (χ1n) is 8.02. The van der Waals surface area contributed by atoms with E-state index in [9.17, 15) is 14.4 Å². The van der Waals surface area contributed by atoms with E-state index in [4.69, 9.17) is 9.57 Å². The van der Waals surface area contributed by atoms with Crippen molar-refractivity contribution in [3.8, 4) is 11.5 Å². The van der Waals surface area contributed by atoms with Crippen LogP contribution in [0.5, 0.6) is 11.5 Å². The van der Waals surface area contributed by atoms with Gasteiger partial charge in [-0.2, -0.15) is 0 Å². The normalized spacial score (nSPS) is 12.7. The average molecular weight is 360 g/mol. The van der Waals surface area contributed by atoms with Crippen LogP contribution in [0, 0.1) is 0 Å². The van der Waals surface area contributed by atoms with E-state index < -0.39 is 17.8 Å². The maximum atomic E-state index is 12.6. The highest BCUT2D eigenvalue weighted by molar-refractivity contribution is 6.21. The number of carbonyl (C=O) groups excluding carboxylic acids is 3. The summed E-state index contributed by atoms with van der Waals surface area (Å²) in [4.78, 5) is 46.2. The number of hydrogen-bond donors (Lipinski definition) is 0. The Hall–Kier alpha value is -4.00. The Labute approximate surface area is 153 Å². The minimum absolute atomic E-state index is 0.0158. The van der Waals surface area contributed by atoms with Gasteiger partial charge in [-0.15, -0.1) is 0 Å². The molecule has 0 fully saturated rings. The van der Waals surface area contributed by atoms with Crippen molar-refractivity contribution in [2.45, 2.75) is 0 Å². The second-order valence-corrected chi connectivity index (χ2v) is 5.62. The summed E-state index contributed by atoms with van der Waals surface area (Å²) >= 11 is 0. The van der Waals surface area contributed by atoms with E-state index in [1.165, 1.54) is 30.6 Å². The number of nitrogens with zero attached hydrogens (tertiary/aromatic N) is 2. The van der Waals surface area contributed by atoms with Crippen LogP contribution in [-0.2, 0) is 4.84 Å². The van der Waals surface area contributed by atoms with Crippen molar-refractivity contribution in [1.29, 1.82) is 0 Å². The van der Waals surface area contributed by atoms with Crippen LogP contribution in [0.2, 0.25) is 0 Å². The monoisotopic (exact) mass is 360 g/mol. The molecule has 0 spiro atoms. The number of aromatic nitrogens is 1. The number of pyridine rings is 1. The highest BCUT2D eigenvalue weighted by Gasteiger charge is 2.39. The number of carbonyl (C=O) groups is 3. The molecule has 7 heteroatoms. The van der Waals surface area contributed by atoms with Crippen molar-refractivity contribution in [2.75, 3.05) is 0 Å². The predicted molar refractivity (Wildman–Crippen MR) is 93.1 cm³/mol. The fourth-order valence-electron chi connectivity index (χ4n) is 2.62. The van der Waals surface area contributed by atoms with Crippen LogP contribution in [0.4, 0.5) is 0 Å². The predicted octanol–water partition coefficient (Wildman–Crippen LogP) is 3.24. The fourth-order valence-corrected chi connectivity index (χ4v) is 2.62. The van der Waals surface area contributed by atoms with Crippen molar-refractivity contribution >= 4 is 17.8 Å². The van der Waals surface area contributed by atoms with Crippen LogP contribution in [-0.4, -0.2) is 27.8 Å². The topological polar surface area (TPSA) is 85.8 Å². The summed E-state index contributed by atoms with van der Waals surface area (Å²) < 4.78 is 5.68. The third-order valence-corrected chi connectivity index (χ3v) is 3.90. The molecule has 7 nitrogen and oxygen atoms in total. The molecule has 132 valence electrons.